The van der Waals surface area contributed by atoms with Crippen LogP contribution in [0.4, 0.5) is 11.4 Å². The smallest absolute Gasteiger partial charge is 0.372 e. The fraction of sp³-hybridized carbons (Fsp3) is 0.708. The van der Waals surface area contributed by atoms with Crippen LogP contribution in [-0.4, -0.2) is 52.8 Å². The Morgan fingerprint density at radius 1 is 0.707 bits per heavy atom. The van der Waals surface area contributed by atoms with Gasteiger partial charge < -0.3 is 44.1 Å². The zero-order valence-electron chi connectivity index (χ0n) is 37.2. The van der Waals surface area contributed by atoms with Gasteiger partial charge in [0.15, 0.2) is 24.8 Å². The van der Waals surface area contributed by atoms with E-state index in [1.165, 1.54) is 37.7 Å². The molecule has 8 nitrogen and oxygen atoms in total. The van der Waals surface area contributed by atoms with Gasteiger partial charge in [-0.15, -0.1) is 0 Å². The Bertz CT molecular complexity index is 1800. The second kappa shape index (κ2) is 16.9. The Morgan fingerprint density at radius 2 is 1.28 bits per heavy atom. The predicted molar refractivity (Wildman–Crippen MR) is 222 cm³/mol. The third kappa shape index (κ3) is 7.80. The zero-order valence-corrected chi connectivity index (χ0v) is 38.7. The van der Waals surface area contributed by atoms with Gasteiger partial charge in [0.05, 0.1) is 6.61 Å². The maximum atomic E-state index is 13.4. The summed E-state index contributed by atoms with van der Waals surface area (Å²) in [5.74, 6) is 2.40. The molecule has 2 aromatic heterocycles. The summed E-state index contributed by atoms with van der Waals surface area (Å²) in [5.41, 5.74) is 4.07. The number of ether oxygens (including phenoxy) is 2. The van der Waals surface area contributed by atoms with Gasteiger partial charge in [-0.05, 0) is 117 Å². The van der Waals surface area contributed by atoms with Gasteiger partial charge in [0.1, 0.15) is 6.10 Å². The molecule has 7 rings (SSSR count). The number of anilines is 2. The fourth-order valence-corrected chi connectivity index (χ4v) is 14.2. The molecule has 322 valence electrons. The number of hydrogen-bond donors (Lipinski definition) is 0. The van der Waals surface area contributed by atoms with Crippen molar-refractivity contribution < 1.29 is 53.0 Å². The second-order valence-electron chi connectivity index (χ2n) is 20.8. The van der Waals surface area contributed by atoms with Crippen molar-refractivity contribution in [1.82, 2.24) is 0 Å². The molecule has 5 aliphatic rings. The van der Waals surface area contributed by atoms with E-state index < -0.39 is 0 Å². The number of halogens is 2. The van der Waals surface area contributed by atoms with E-state index in [9.17, 15) is 9.59 Å². The lowest BCUT2D eigenvalue weighted by Gasteiger charge is -2.73. The fourth-order valence-electron chi connectivity index (χ4n) is 14.2. The van der Waals surface area contributed by atoms with Crippen LogP contribution in [0.15, 0.2) is 61.2 Å². The standard InChI is InChI=1S/C48H72N4O4.2ClH/c1-33(2)36-14-23-48(32-55-41(53)30-51-26-17-34(18-27-51)49(8)9)25-24-46(6)37(43(36)48)12-13-39-45(5)21-16-40(44(3,4)38(45)15-22-47(39,46)7)56-42(54)31-52-28-19-35(20-29-52)50(10)11;;/h17-20,26-29,36-40,43H,1,12-16,21-25,30-32H2,2-11H3;2*1H/q+2;;/p-2/t36-,37+,38-,39+,40-,43+,45-,46+,47+,48+;;/m0../s1. The zero-order chi connectivity index (χ0) is 40.4. The molecule has 5 fully saturated rings. The van der Waals surface area contributed by atoms with Crippen LogP contribution in [0.5, 0.6) is 0 Å². The van der Waals surface area contributed by atoms with Crippen molar-refractivity contribution in [1.29, 1.82) is 0 Å². The number of allylic oxidation sites excluding steroid dienone is 1. The molecule has 0 saturated heterocycles. The first-order chi connectivity index (χ1) is 26.3. The van der Waals surface area contributed by atoms with Crippen molar-refractivity contribution in [2.75, 3.05) is 44.6 Å². The van der Waals surface area contributed by atoms with Crippen LogP contribution in [0.1, 0.15) is 106 Å². The summed E-state index contributed by atoms with van der Waals surface area (Å²) in [6.45, 7) is 20.6. The molecule has 0 N–H and O–H groups in total. The lowest BCUT2D eigenvalue weighted by molar-refractivity contribution is -0.686. The Labute approximate surface area is 362 Å². The van der Waals surface area contributed by atoms with Crippen molar-refractivity contribution in [2.24, 2.45) is 56.7 Å². The first kappa shape index (κ1) is 46.2. The Hall–Kier alpha value is -2.84. The van der Waals surface area contributed by atoms with E-state index >= 15 is 0 Å². The van der Waals surface area contributed by atoms with Crippen LogP contribution in [0.2, 0.25) is 0 Å². The average Bonchev–Trinajstić information content (AvgIpc) is 3.53. The molecule has 2 heterocycles. The number of esters is 2. The summed E-state index contributed by atoms with van der Waals surface area (Å²) < 4.78 is 16.6. The summed E-state index contributed by atoms with van der Waals surface area (Å²) >= 11 is 0. The van der Waals surface area contributed by atoms with Crippen molar-refractivity contribution in [3.8, 4) is 0 Å². The van der Waals surface area contributed by atoms with Crippen LogP contribution < -0.4 is 43.7 Å². The SMILES string of the molecule is C=C(C)[C@@H]1CC[C@]2(COC(=O)C[n+]3ccc(N(C)C)cc3)CC[C@]3(C)[C@H](CC[C@@H]4[C@@]5(C)CC[C@H](OC(=O)C[n+]6ccc(N(C)C)cc6)C(C)(C)[C@@H]5CC[C@]43C)[C@@H]12.[Cl-].[Cl-]. The maximum Gasteiger partial charge on any atom is 0.372 e. The molecule has 10 heteroatoms. The Kier molecular flexibility index (Phi) is 13.5. The molecule has 0 unspecified atom stereocenters. The summed E-state index contributed by atoms with van der Waals surface area (Å²) in [7, 11) is 8.10. The maximum absolute atomic E-state index is 13.4. The molecule has 0 bridgehead atoms. The highest BCUT2D eigenvalue weighted by molar-refractivity contribution is 5.68. The van der Waals surface area contributed by atoms with Crippen molar-refractivity contribution in [3.63, 3.8) is 0 Å². The highest BCUT2D eigenvalue weighted by atomic mass is 35.5. The molecule has 2 aromatic rings. The van der Waals surface area contributed by atoms with Crippen LogP contribution in [-0.2, 0) is 32.2 Å². The van der Waals surface area contributed by atoms with Crippen LogP contribution in [0, 0.1) is 56.7 Å². The minimum atomic E-state index is -0.143. The van der Waals surface area contributed by atoms with Crippen molar-refractivity contribution >= 4 is 23.3 Å². The van der Waals surface area contributed by atoms with E-state index in [0.717, 1.165) is 43.5 Å². The summed E-state index contributed by atoms with van der Waals surface area (Å²) in [4.78, 5) is 30.9. The first-order valence-electron chi connectivity index (χ1n) is 21.7. The van der Waals surface area contributed by atoms with Gasteiger partial charge >= 0.3 is 11.9 Å². The van der Waals surface area contributed by atoms with Gasteiger partial charge in [0, 0.05) is 74.7 Å². The average molecular weight is 840 g/mol. The third-order valence-electron chi connectivity index (χ3n) is 17.4. The van der Waals surface area contributed by atoms with Crippen LogP contribution in [0.25, 0.3) is 0 Å². The van der Waals surface area contributed by atoms with Crippen molar-refractivity contribution in [2.45, 2.75) is 125 Å². The van der Waals surface area contributed by atoms with E-state index in [0.29, 0.717) is 36.2 Å². The Morgan fingerprint density at radius 3 is 1.83 bits per heavy atom. The summed E-state index contributed by atoms with van der Waals surface area (Å²) in [6.07, 6.45) is 19.3. The largest absolute Gasteiger partial charge is 1.00 e. The van der Waals surface area contributed by atoms with E-state index in [1.54, 1.807) is 0 Å². The molecule has 5 aliphatic carbocycles. The van der Waals surface area contributed by atoms with Gasteiger partial charge in [-0.3, -0.25) is 0 Å². The first-order valence-corrected chi connectivity index (χ1v) is 21.7. The molecule has 0 aliphatic heterocycles. The van der Waals surface area contributed by atoms with E-state index in [1.807, 2.05) is 86.4 Å². The molecule has 0 spiro atoms. The number of rotatable bonds is 10. The highest BCUT2D eigenvalue weighted by Crippen LogP contribution is 2.77. The molecule has 0 aromatic carbocycles. The lowest BCUT2D eigenvalue weighted by atomic mass is 9.32. The molecule has 10 atom stereocenters. The van der Waals surface area contributed by atoms with Gasteiger partial charge in [0.25, 0.3) is 0 Å². The molecule has 5 saturated carbocycles. The molecular weight excluding hydrogens is 767 g/mol. The van der Waals surface area contributed by atoms with Crippen molar-refractivity contribution in [3.05, 3.63) is 61.2 Å². The third-order valence-corrected chi connectivity index (χ3v) is 17.4. The highest BCUT2D eigenvalue weighted by Gasteiger charge is 2.71. The molecular formula is C48H72Cl2N4O4. The number of carbonyl (C=O) groups is 2. The molecule has 0 amide bonds. The van der Waals surface area contributed by atoms with E-state index in [4.69, 9.17) is 9.47 Å². The Balaban J connectivity index is 0.00000320. The monoisotopic (exact) mass is 838 g/mol. The minimum Gasteiger partial charge on any atom is -1.00 e. The van der Waals surface area contributed by atoms with Gasteiger partial charge in [-0.2, -0.15) is 9.13 Å². The van der Waals surface area contributed by atoms with E-state index in [-0.39, 0.29) is 83.0 Å². The van der Waals surface area contributed by atoms with E-state index in [2.05, 4.69) is 57.9 Å². The van der Waals surface area contributed by atoms with Crippen LogP contribution >= 0.6 is 0 Å². The molecule has 58 heavy (non-hydrogen) atoms. The van der Waals surface area contributed by atoms with Gasteiger partial charge in [-0.1, -0.05) is 46.8 Å². The lowest BCUT2D eigenvalue weighted by Crippen LogP contribution is -3.00. The minimum absolute atomic E-state index is 0. The molecule has 0 radical (unpaired) electrons. The number of aromatic nitrogens is 2. The number of carbonyl (C=O) groups excluding carboxylic acids is 2. The summed E-state index contributed by atoms with van der Waals surface area (Å²) in [6, 6.07) is 8.16. The number of pyridine rings is 2. The van der Waals surface area contributed by atoms with Gasteiger partial charge in [-0.25, -0.2) is 9.59 Å². The topological polar surface area (TPSA) is 66.8 Å². The quantitative estimate of drug-likeness (QED) is 0.208. The number of nitrogens with zero attached hydrogens (tertiary/aromatic N) is 4. The van der Waals surface area contributed by atoms with Gasteiger partial charge in [0.2, 0.25) is 13.1 Å². The predicted octanol–water partition coefficient (Wildman–Crippen LogP) is 2.21. The summed E-state index contributed by atoms with van der Waals surface area (Å²) in [5, 5.41) is 0. The normalized spacial score (nSPS) is 35.6. The number of hydrogen-bond acceptors (Lipinski definition) is 6. The second-order valence-corrected chi connectivity index (χ2v) is 20.8. The van der Waals surface area contributed by atoms with Crippen LogP contribution in [0.3, 0.4) is 0 Å². The number of fused-ring (bicyclic) bond motifs is 7.